The van der Waals surface area contributed by atoms with Crippen molar-refractivity contribution in [3.05, 3.63) is 41.7 Å². The van der Waals surface area contributed by atoms with Crippen molar-refractivity contribution in [2.24, 2.45) is 5.84 Å². The van der Waals surface area contributed by atoms with E-state index in [1.807, 2.05) is 18.2 Å². The first-order chi connectivity index (χ1) is 7.27. The van der Waals surface area contributed by atoms with E-state index >= 15 is 0 Å². The van der Waals surface area contributed by atoms with Gasteiger partial charge in [-0.05, 0) is 37.0 Å². The molecule has 1 atom stereocenters. The van der Waals surface area contributed by atoms with Crippen LogP contribution in [0.2, 0.25) is 5.15 Å². The maximum Gasteiger partial charge on any atom is 0.129 e. The molecule has 0 fully saturated rings. The Kier molecular flexibility index (Phi) is 5.32. The summed E-state index contributed by atoms with van der Waals surface area (Å²) in [5.41, 5.74) is 3.85. The van der Waals surface area contributed by atoms with E-state index in [2.05, 4.69) is 17.0 Å². The van der Waals surface area contributed by atoms with Crippen LogP contribution in [0.5, 0.6) is 0 Å². The predicted molar refractivity (Wildman–Crippen MR) is 63.4 cm³/mol. The number of allylic oxidation sites excluding steroid dienone is 1. The van der Waals surface area contributed by atoms with Crippen LogP contribution in [0.1, 0.15) is 30.9 Å². The Balaban J connectivity index is 2.61. The Labute approximate surface area is 95.3 Å². The number of pyridine rings is 1. The summed E-state index contributed by atoms with van der Waals surface area (Å²) in [7, 11) is 0. The van der Waals surface area contributed by atoms with E-state index in [1.165, 1.54) is 0 Å². The van der Waals surface area contributed by atoms with Gasteiger partial charge in [-0.1, -0.05) is 17.7 Å². The molecule has 1 rings (SSSR count). The minimum absolute atomic E-state index is 0.130. The third-order valence-electron chi connectivity index (χ3n) is 2.26. The molecular weight excluding hydrogens is 210 g/mol. The van der Waals surface area contributed by atoms with Crippen molar-refractivity contribution in [2.45, 2.75) is 25.3 Å². The summed E-state index contributed by atoms with van der Waals surface area (Å²) in [5, 5.41) is 0.497. The van der Waals surface area contributed by atoms with Gasteiger partial charge in [0.15, 0.2) is 0 Å². The van der Waals surface area contributed by atoms with Gasteiger partial charge in [0.25, 0.3) is 0 Å². The van der Waals surface area contributed by atoms with Gasteiger partial charge in [0.05, 0.1) is 0 Å². The van der Waals surface area contributed by atoms with Gasteiger partial charge in [-0.3, -0.25) is 11.3 Å². The number of unbranched alkanes of at least 4 members (excludes halogenated alkanes) is 1. The molecule has 3 nitrogen and oxygen atoms in total. The standard InChI is InChI=1S/C11H16ClN3/c1-2-3-4-5-10(15-13)9-6-7-14-11(12)8-9/h2,6-8,10,15H,1,3-5,13H2. The van der Waals surface area contributed by atoms with E-state index in [9.17, 15) is 0 Å². The largest absolute Gasteiger partial charge is 0.271 e. The molecule has 4 heteroatoms. The van der Waals surface area contributed by atoms with Crippen LogP contribution in [0.25, 0.3) is 0 Å². The summed E-state index contributed by atoms with van der Waals surface area (Å²) < 4.78 is 0. The molecule has 1 heterocycles. The maximum atomic E-state index is 5.81. The van der Waals surface area contributed by atoms with Crippen LogP contribution in [0.3, 0.4) is 0 Å². The van der Waals surface area contributed by atoms with Crippen LogP contribution in [0, 0.1) is 0 Å². The molecule has 0 saturated carbocycles. The average Bonchev–Trinajstić information content (AvgIpc) is 2.24. The highest BCUT2D eigenvalue weighted by molar-refractivity contribution is 6.29. The van der Waals surface area contributed by atoms with Crippen molar-refractivity contribution in [1.82, 2.24) is 10.4 Å². The smallest absolute Gasteiger partial charge is 0.129 e. The molecule has 0 amide bonds. The van der Waals surface area contributed by atoms with Gasteiger partial charge in [0, 0.05) is 12.2 Å². The highest BCUT2D eigenvalue weighted by Gasteiger charge is 2.09. The Morgan fingerprint density at radius 1 is 1.67 bits per heavy atom. The molecule has 1 aromatic rings. The van der Waals surface area contributed by atoms with Gasteiger partial charge < -0.3 is 0 Å². The minimum atomic E-state index is 0.130. The third kappa shape index (κ3) is 4.00. The third-order valence-corrected chi connectivity index (χ3v) is 2.46. The molecule has 0 aliphatic rings. The van der Waals surface area contributed by atoms with Crippen molar-refractivity contribution in [3.8, 4) is 0 Å². The van der Waals surface area contributed by atoms with E-state index in [-0.39, 0.29) is 6.04 Å². The van der Waals surface area contributed by atoms with Crippen molar-refractivity contribution in [1.29, 1.82) is 0 Å². The molecule has 0 aliphatic heterocycles. The molecule has 1 unspecified atom stereocenters. The molecule has 15 heavy (non-hydrogen) atoms. The van der Waals surface area contributed by atoms with E-state index in [1.54, 1.807) is 6.20 Å². The zero-order chi connectivity index (χ0) is 11.1. The molecule has 0 aliphatic carbocycles. The lowest BCUT2D eigenvalue weighted by Gasteiger charge is -2.15. The molecule has 82 valence electrons. The topological polar surface area (TPSA) is 50.9 Å². The first-order valence-corrected chi connectivity index (χ1v) is 5.34. The predicted octanol–water partition coefficient (Wildman–Crippen LogP) is 2.60. The lowest BCUT2D eigenvalue weighted by Crippen LogP contribution is -2.28. The molecule has 0 radical (unpaired) electrons. The van der Waals surface area contributed by atoms with Crippen LogP contribution in [0.4, 0.5) is 0 Å². The first kappa shape index (κ1) is 12.2. The number of halogens is 1. The Hall–Kier alpha value is -0.900. The van der Waals surface area contributed by atoms with Crippen molar-refractivity contribution in [2.75, 3.05) is 0 Å². The molecule has 0 bridgehead atoms. The molecule has 3 N–H and O–H groups in total. The van der Waals surface area contributed by atoms with Crippen molar-refractivity contribution in [3.63, 3.8) is 0 Å². The van der Waals surface area contributed by atoms with Crippen LogP contribution in [-0.4, -0.2) is 4.98 Å². The first-order valence-electron chi connectivity index (χ1n) is 4.96. The number of nitrogens with two attached hydrogens (primary N) is 1. The normalized spacial score (nSPS) is 12.4. The van der Waals surface area contributed by atoms with Crippen molar-refractivity contribution >= 4 is 11.6 Å². The minimum Gasteiger partial charge on any atom is -0.271 e. The average molecular weight is 226 g/mol. The van der Waals surface area contributed by atoms with Crippen LogP contribution >= 0.6 is 11.6 Å². The summed E-state index contributed by atoms with van der Waals surface area (Å²) in [6.07, 6.45) is 6.61. The zero-order valence-corrected chi connectivity index (χ0v) is 9.37. The number of nitrogens with zero attached hydrogens (tertiary/aromatic N) is 1. The fourth-order valence-electron chi connectivity index (χ4n) is 1.45. The van der Waals surface area contributed by atoms with Gasteiger partial charge in [-0.25, -0.2) is 4.98 Å². The van der Waals surface area contributed by atoms with Gasteiger partial charge in [-0.15, -0.1) is 6.58 Å². The number of hydrogen-bond donors (Lipinski definition) is 2. The summed E-state index contributed by atoms with van der Waals surface area (Å²) in [6, 6.07) is 3.88. The monoisotopic (exact) mass is 225 g/mol. The SMILES string of the molecule is C=CCCCC(NN)c1ccnc(Cl)c1. The molecular formula is C11H16ClN3. The quantitative estimate of drug-likeness (QED) is 0.257. The lowest BCUT2D eigenvalue weighted by atomic mass is 10.0. The number of hydrazine groups is 1. The molecule has 0 saturated heterocycles. The second-order valence-corrected chi connectivity index (χ2v) is 3.74. The van der Waals surface area contributed by atoms with E-state index < -0.39 is 0 Å². The second kappa shape index (κ2) is 6.56. The molecule has 0 aromatic carbocycles. The van der Waals surface area contributed by atoms with E-state index in [0.717, 1.165) is 24.8 Å². The van der Waals surface area contributed by atoms with Crippen LogP contribution in [-0.2, 0) is 0 Å². The van der Waals surface area contributed by atoms with Crippen LogP contribution < -0.4 is 11.3 Å². The second-order valence-electron chi connectivity index (χ2n) is 3.35. The van der Waals surface area contributed by atoms with Gasteiger partial charge in [0.1, 0.15) is 5.15 Å². The zero-order valence-electron chi connectivity index (χ0n) is 8.62. The highest BCUT2D eigenvalue weighted by Crippen LogP contribution is 2.20. The van der Waals surface area contributed by atoms with E-state index in [4.69, 9.17) is 17.4 Å². The molecule has 0 spiro atoms. The molecule has 1 aromatic heterocycles. The Morgan fingerprint density at radius 3 is 3.07 bits per heavy atom. The van der Waals surface area contributed by atoms with Gasteiger partial charge in [0.2, 0.25) is 0 Å². The Bertz CT molecular complexity index is 314. The van der Waals surface area contributed by atoms with E-state index in [0.29, 0.717) is 5.15 Å². The summed E-state index contributed by atoms with van der Waals surface area (Å²) in [6.45, 7) is 3.69. The number of aromatic nitrogens is 1. The number of hydrogen-bond acceptors (Lipinski definition) is 3. The summed E-state index contributed by atoms with van der Waals surface area (Å²) in [5.74, 6) is 5.50. The fourth-order valence-corrected chi connectivity index (χ4v) is 1.63. The van der Waals surface area contributed by atoms with Crippen LogP contribution in [0.15, 0.2) is 31.0 Å². The van der Waals surface area contributed by atoms with Gasteiger partial charge >= 0.3 is 0 Å². The van der Waals surface area contributed by atoms with Gasteiger partial charge in [-0.2, -0.15) is 0 Å². The number of nitrogens with one attached hydrogen (secondary N) is 1. The fraction of sp³-hybridized carbons (Fsp3) is 0.364. The van der Waals surface area contributed by atoms with Crippen molar-refractivity contribution < 1.29 is 0 Å². The Morgan fingerprint density at radius 2 is 2.47 bits per heavy atom. The summed E-state index contributed by atoms with van der Waals surface area (Å²) >= 11 is 5.81. The number of rotatable bonds is 6. The lowest BCUT2D eigenvalue weighted by molar-refractivity contribution is 0.500. The highest BCUT2D eigenvalue weighted by atomic mass is 35.5. The summed E-state index contributed by atoms with van der Waals surface area (Å²) in [4.78, 5) is 3.93. The maximum absolute atomic E-state index is 5.81.